The number of hydrogen-bond donors (Lipinski definition) is 1. The highest BCUT2D eigenvalue weighted by Crippen LogP contribution is 2.16. The monoisotopic (exact) mass is 367 g/mol. The van der Waals surface area contributed by atoms with Gasteiger partial charge in [0.1, 0.15) is 0 Å². The summed E-state index contributed by atoms with van der Waals surface area (Å²) in [6, 6.07) is 12.5. The molecule has 2 aromatic rings. The zero-order valence-corrected chi connectivity index (χ0v) is 14.8. The molecule has 0 aliphatic heterocycles. The molecular weight excluding hydrogens is 350 g/mol. The maximum absolute atomic E-state index is 12.3. The van der Waals surface area contributed by atoms with Crippen LogP contribution in [-0.2, 0) is 25.6 Å². The Balaban J connectivity index is 2.26. The summed E-state index contributed by atoms with van der Waals surface area (Å²) in [7, 11) is -7.39. The highest BCUT2D eigenvalue weighted by Gasteiger charge is 2.20. The first-order valence-electron chi connectivity index (χ1n) is 6.98. The van der Waals surface area contributed by atoms with Crippen molar-refractivity contribution in [3.05, 3.63) is 65.2 Å². The number of benzene rings is 2. The summed E-state index contributed by atoms with van der Waals surface area (Å²) in [4.78, 5) is 12.2. The maximum atomic E-state index is 12.3. The molecular formula is C16H17NO5S2. The van der Waals surface area contributed by atoms with Gasteiger partial charge in [0.05, 0.1) is 10.6 Å². The molecule has 8 heteroatoms. The smallest absolute Gasteiger partial charge is 0.265 e. The Morgan fingerprint density at radius 1 is 1.00 bits per heavy atom. The standard InChI is InChI=1S/C16H17NO5S2/c1-12-8-9-14(23(2,19)20)10-15(12)16(18)17-24(21,22)11-13-6-4-3-5-7-13/h3-10H,11H2,1-2H3,(H,17,18). The van der Waals surface area contributed by atoms with Crippen LogP contribution < -0.4 is 4.72 Å². The molecule has 1 amide bonds. The van der Waals surface area contributed by atoms with Crippen LogP contribution >= 0.6 is 0 Å². The minimum Gasteiger partial charge on any atom is -0.268 e. The normalized spacial score (nSPS) is 11.9. The molecule has 0 unspecified atom stereocenters. The van der Waals surface area contributed by atoms with Crippen molar-refractivity contribution in [1.29, 1.82) is 0 Å². The summed E-state index contributed by atoms with van der Waals surface area (Å²) in [6.45, 7) is 1.60. The highest BCUT2D eigenvalue weighted by atomic mass is 32.2. The van der Waals surface area contributed by atoms with Gasteiger partial charge in [-0.3, -0.25) is 4.79 Å². The van der Waals surface area contributed by atoms with Crippen LogP contribution in [0.25, 0.3) is 0 Å². The molecule has 1 N–H and O–H groups in total. The SMILES string of the molecule is Cc1ccc(S(C)(=O)=O)cc1C(=O)NS(=O)(=O)Cc1ccccc1. The number of sulfonamides is 1. The largest absolute Gasteiger partial charge is 0.268 e. The molecule has 0 saturated heterocycles. The maximum Gasteiger partial charge on any atom is 0.265 e. The van der Waals surface area contributed by atoms with Gasteiger partial charge in [-0.1, -0.05) is 36.4 Å². The number of carbonyl (C=O) groups excluding carboxylic acids is 1. The van der Waals surface area contributed by atoms with Gasteiger partial charge in [0.25, 0.3) is 5.91 Å². The first-order chi connectivity index (χ1) is 11.1. The van der Waals surface area contributed by atoms with Gasteiger partial charge >= 0.3 is 0 Å². The minimum atomic E-state index is -3.90. The molecule has 0 atom stereocenters. The van der Waals surface area contributed by atoms with Gasteiger partial charge in [-0.2, -0.15) is 0 Å². The van der Waals surface area contributed by atoms with E-state index in [9.17, 15) is 21.6 Å². The number of nitrogens with one attached hydrogen (secondary N) is 1. The van der Waals surface area contributed by atoms with Crippen molar-refractivity contribution in [1.82, 2.24) is 4.72 Å². The van der Waals surface area contributed by atoms with Crippen LogP contribution in [0.3, 0.4) is 0 Å². The third-order valence-electron chi connectivity index (χ3n) is 3.33. The second-order valence-electron chi connectivity index (χ2n) is 5.42. The molecule has 24 heavy (non-hydrogen) atoms. The average Bonchev–Trinajstić information content (AvgIpc) is 2.46. The molecule has 0 aliphatic carbocycles. The van der Waals surface area contributed by atoms with Gasteiger partial charge in [-0.25, -0.2) is 21.6 Å². The molecule has 0 aliphatic rings. The van der Waals surface area contributed by atoms with Crippen molar-refractivity contribution < 1.29 is 21.6 Å². The Morgan fingerprint density at radius 2 is 1.62 bits per heavy atom. The van der Waals surface area contributed by atoms with E-state index in [0.29, 0.717) is 11.1 Å². The van der Waals surface area contributed by atoms with E-state index in [1.54, 1.807) is 37.3 Å². The lowest BCUT2D eigenvalue weighted by atomic mass is 10.1. The topological polar surface area (TPSA) is 97.4 Å². The fourth-order valence-electron chi connectivity index (χ4n) is 2.10. The fourth-order valence-corrected chi connectivity index (χ4v) is 3.85. The Kier molecular flexibility index (Phi) is 5.10. The predicted octanol–water partition coefficient (Wildman–Crippen LogP) is 1.66. The summed E-state index contributed by atoms with van der Waals surface area (Å²) >= 11 is 0. The van der Waals surface area contributed by atoms with Crippen LogP contribution in [0.2, 0.25) is 0 Å². The van der Waals surface area contributed by atoms with E-state index in [1.165, 1.54) is 18.2 Å². The lowest BCUT2D eigenvalue weighted by Crippen LogP contribution is -2.32. The third-order valence-corrected chi connectivity index (χ3v) is 5.65. The van der Waals surface area contributed by atoms with E-state index in [1.807, 2.05) is 4.72 Å². The second kappa shape index (κ2) is 6.74. The lowest BCUT2D eigenvalue weighted by Gasteiger charge is -2.10. The van der Waals surface area contributed by atoms with E-state index in [0.717, 1.165) is 6.26 Å². The Bertz CT molecular complexity index is 965. The summed E-state index contributed by atoms with van der Waals surface area (Å²) in [5.74, 6) is -1.20. The van der Waals surface area contributed by atoms with Crippen molar-refractivity contribution in [3.8, 4) is 0 Å². The average molecular weight is 367 g/mol. The third kappa shape index (κ3) is 4.65. The number of hydrogen-bond acceptors (Lipinski definition) is 5. The van der Waals surface area contributed by atoms with Crippen molar-refractivity contribution in [2.24, 2.45) is 0 Å². The quantitative estimate of drug-likeness (QED) is 0.867. The van der Waals surface area contributed by atoms with Crippen LogP contribution in [-0.4, -0.2) is 29.0 Å². The zero-order valence-electron chi connectivity index (χ0n) is 13.2. The molecule has 0 radical (unpaired) electrons. The van der Waals surface area contributed by atoms with Crippen LogP contribution in [0.5, 0.6) is 0 Å². The molecule has 2 aromatic carbocycles. The summed E-state index contributed by atoms with van der Waals surface area (Å²) in [6.07, 6.45) is 1.02. The summed E-state index contributed by atoms with van der Waals surface area (Å²) in [5, 5.41) is 0. The molecule has 0 spiro atoms. The van der Waals surface area contributed by atoms with Gasteiger partial charge in [-0.05, 0) is 30.2 Å². The first kappa shape index (κ1) is 18.2. The molecule has 0 heterocycles. The van der Waals surface area contributed by atoms with Crippen molar-refractivity contribution >= 4 is 25.8 Å². The van der Waals surface area contributed by atoms with E-state index in [4.69, 9.17) is 0 Å². The number of rotatable bonds is 5. The Morgan fingerprint density at radius 3 is 2.21 bits per heavy atom. The minimum absolute atomic E-state index is 0.00885. The zero-order chi connectivity index (χ0) is 18.0. The summed E-state index contributed by atoms with van der Waals surface area (Å²) in [5.41, 5.74) is 1.03. The fraction of sp³-hybridized carbons (Fsp3) is 0.188. The van der Waals surface area contributed by atoms with Gasteiger partial charge < -0.3 is 0 Å². The Hall–Kier alpha value is -2.19. The van der Waals surface area contributed by atoms with Crippen LogP contribution in [0.1, 0.15) is 21.5 Å². The van der Waals surface area contributed by atoms with Crippen molar-refractivity contribution in [3.63, 3.8) is 0 Å². The molecule has 0 fully saturated rings. The first-order valence-corrected chi connectivity index (χ1v) is 10.5. The van der Waals surface area contributed by atoms with E-state index in [2.05, 4.69) is 0 Å². The van der Waals surface area contributed by atoms with Crippen LogP contribution in [0.15, 0.2) is 53.4 Å². The van der Waals surface area contributed by atoms with Gasteiger partial charge in [0.15, 0.2) is 9.84 Å². The van der Waals surface area contributed by atoms with E-state index in [-0.39, 0.29) is 16.2 Å². The van der Waals surface area contributed by atoms with E-state index < -0.39 is 25.8 Å². The number of amides is 1. The van der Waals surface area contributed by atoms with E-state index >= 15 is 0 Å². The van der Waals surface area contributed by atoms with Crippen LogP contribution in [0.4, 0.5) is 0 Å². The Labute approximate surface area is 141 Å². The predicted molar refractivity (Wildman–Crippen MR) is 90.8 cm³/mol. The summed E-state index contributed by atoms with van der Waals surface area (Å²) < 4.78 is 49.4. The molecule has 2 rings (SSSR count). The molecule has 0 bridgehead atoms. The number of carbonyl (C=O) groups is 1. The number of aryl methyl sites for hydroxylation is 1. The lowest BCUT2D eigenvalue weighted by molar-refractivity contribution is 0.0980. The molecule has 0 aromatic heterocycles. The van der Waals surface area contributed by atoms with Gasteiger partial charge in [-0.15, -0.1) is 0 Å². The van der Waals surface area contributed by atoms with Crippen LogP contribution in [0, 0.1) is 6.92 Å². The van der Waals surface area contributed by atoms with Gasteiger partial charge in [0, 0.05) is 11.8 Å². The number of sulfone groups is 1. The van der Waals surface area contributed by atoms with Crippen molar-refractivity contribution in [2.75, 3.05) is 6.26 Å². The molecule has 6 nitrogen and oxygen atoms in total. The highest BCUT2D eigenvalue weighted by molar-refractivity contribution is 7.90. The molecule has 0 saturated carbocycles. The van der Waals surface area contributed by atoms with Gasteiger partial charge in [0.2, 0.25) is 10.0 Å². The molecule has 128 valence electrons. The second-order valence-corrected chi connectivity index (χ2v) is 9.16. The van der Waals surface area contributed by atoms with Crippen molar-refractivity contribution in [2.45, 2.75) is 17.6 Å².